The predicted molar refractivity (Wildman–Crippen MR) is 94.9 cm³/mol. The Hall–Kier alpha value is -2.73. The van der Waals surface area contributed by atoms with Crippen LogP contribution in [0.2, 0.25) is 5.02 Å². The Morgan fingerprint density at radius 2 is 1.65 bits per heavy atom. The number of halogens is 1. The first kappa shape index (κ1) is 16.7. The van der Waals surface area contributed by atoms with Crippen LogP contribution < -0.4 is 20.3 Å². The Morgan fingerprint density at radius 1 is 0.962 bits per heavy atom. The van der Waals surface area contributed by atoms with E-state index in [4.69, 9.17) is 21.1 Å². The highest BCUT2D eigenvalue weighted by Gasteiger charge is 2.45. The fourth-order valence-electron chi connectivity index (χ4n) is 3.05. The summed E-state index contributed by atoms with van der Waals surface area (Å²) < 4.78 is 11.1. The summed E-state index contributed by atoms with van der Waals surface area (Å²) in [6.07, 6.45) is -0.106. The number of amides is 2. The lowest BCUT2D eigenvalue weighted by molar-refractivity contribution is -0.135. The number of rotatable bonds is 3. The van der Waals surface area contributed by atoms with Crippen molar-refractivity contribution in [3.05, 3.63) is 59.1 Å². The summed E-state index contributed by atoms with van der Waals surface area (Å²) in [4.78, 5) is 24.5. The SMILES string of the molecule is O=C(NNC(=O)C1CC1c1ccccc1Cl)C1COc2ccccc2O1. The van der Waals surface area contributed by atoms with Gasteiger partial charge in [0, 0.05) is 10.9 Å². The molecule has 134 valence electrons. The average Bonchev–Trinajstić information content (AvgIpc) is 3.46. The molecule has 2 aromatic carbocycles. The van der Waals surface area contributed by atoms with E-state index in [2.05, 4.69) is 10.9 Å². The number of fused-ring (bicyclic) bond motifs is 1. The number of carbonyl (C=O) groups excluding carboxylic acids is 2. The van der Waals surface area contributed by atoms with Gasteiger partial charge >= 0.3 is 0 Å². The van der Waals surface area contributed by atoms with Crippen LogP contribution in [-0.2, 0) is 9.59 Å². The molecule has 0 aromatic heterocycles. The number of benzene rings is 2. The normalized spacial score (nSPS) is 23.0. The molecule has 2 amide bonds. The zero-order valence-corrected chi connectivity index (χ0v) is 14.5. The molecule has 3 atom stereocenters. The van der Waals surface area contributed by atoms with Gasteiger partial charge in [-0.1, -0.05) is 41.9 Å². The first-order valence-electron chi connectivity index (χ1n) is 8.36. The van der Waals surface area contributed by atoms with E-state index in [1.807, 2.05) is 30.3 Å². The van der Waals surface area contributed by atoms with Crippen LogP contribution in [0.5, 0.6) is 11.5 Å². The van der Waals surface area contributed by atoms with Crippen LogP contribution in [-0.4, -0.2) is 24.5 Å². The molecular weight excluding hydrogens is 356 g/mol. The standard InChI is InChI=1S/C19H17ClN2O4/c20-14-6-2-1-5-11(14)12-9-13(12)18(23)21-22-19(24)17-10-25-15-7-3-4-8-16(15)26-17/h1-8,12-13,17H,9-10H2,(H,21,23)(H,22,24). The average molecular weight is 373 g/mol. The lowest BCUT2D eigenvalue weighted by Gasteiger charge is -2.25. The first-order valence-corrected chi connectivity index (χ1v) is 8.74. The van der Waals surface area contributed by atoms with Gasteiger partial charge in [-0.25, -0.2) is 0 Å². The smallest absolute Gasteiger partial charge is 0.283 e. The lowest BCUT2D eigenvalue weighted by atomic mass is 10.1. The molecule has 6 nitrogen and oxygen atoms in total. The zero-order chi connectivity index (χ0) is 18.1. The Bertz CT molecular complexity index is 857. The van der Waals surface area contributed by atoms with Gasteiger partial charge in [0.15, 0.2) is 11.5 Å². The van der Waals surface area contributed by atoms with Crippen molar-refractivity contribution in [1.82, 2.24) is 10.9 Å². The molecule has 1 aliphatic carbocycles. The highest BCUT2D eigenvalue weighted by atomic mass is 35.5. The van der Waals surface area contributed by atoms with Gasteiger partial charge in [-0.3, -0.25) is 20.4 Å². The molecule has 3 unspecified atom stereocenters. The molecule has 2 N–H and O–H groups in total. The van der Waals surface area contributed by atoms with Crippen LogP contribution in [0, 0.1) is 5.92 Å². The molecule has 0 radical (unpaired) electrons. The summed E-state index contributed by atoms with van der Waals surface area (Å²) in [5, 5.41) is 0.656. The number of hydrazine groups is 1. The number of hydrogen-bond donors (Lipinski definition) is 2. The molecule has 0 spiro atoms. The molecule has 2 aromatic rings. The van der Waals surface area contributed by atoms with Gasteiger partial charge in [0.05, 0.1) is 0 Å². The van der Waals surface area contributed by atoms with Gasteiger partial charge in [-0.05, 0) is 36.1 Å². The van der Waals surface area contributed by atoms with Gasteiger partial charge in [0.2, 0.25) is 12.0 Å². The fraction of sp³-hybridized carbons (Fsp3) is 0.263. The Morgan fingerprint density at radius 3 is 2.46 bits per heavy atom. The van der Waals surface area contributed by atoms with E-state index < -0.39 is 12.0 Å². The second-order valence-corrected chi connectivity index (χ2v) is 6.72. The molecule has 1 aliphatic heterocycles. The molecule has 4 rings (SSSR count). The van der Waals surface area contributed by atoms with Gasteiger partial charge in [0.25, 0.3) is 5.91 Å². The second kappa shape index (κ2) is 6.88. The molecule has 1 heterocycles. The van der Waals surface area contributed by atoms with Crippen LogP contribution in [0.15, 0.2) is 48.5 Å². The van der Waals surface area contributed by atoms with Crippen molar-refractivity contribution in [3.8, 4) is 11.5 Å². The molecule has 26 heavy (non-hydrogen) atoms. The van der Waals surface area contributed by atoms with Crippen molar-refractivity contribution in [1.29, 1.82) is 0 Å². The Labute approximate surface area is 155 Å². The van der Waals surface area contributed by atoms with Crippen molar-refractivity contribution in [2.45, 2.75) is 18.4 Å². The number of carbonyl (C=O) groups is 2. The largest absolute Gasteiger partial charge is 0.485 e. The monoisotopic (exact) mass is 372 g/mol. The summed E-state index contributed by atoms with van der Waals surface area (Å²) in [7, 11) is 0. The summed E-state index contributed by atoms with van der Waals surface area (Å²) in [6, 6.07) is 14.6. The molecule has 1 saturated carbocycles. The summed E-state index contributed by atoms with van der Waals surface area (Å²) >= 11 is 6.17. The number of ether oxygens (including phenoxy) is 2. The maximum absolute atomic E-state index is 12.2. The number of nitrogens with one attached hydrogen (secondary N) is 2. The van der Waals surface area contributed by atoms with Gasteiger partial charge < -0.3 is 9.47 Å². The van der Waals surface area contributed by atoms with E-state index in [9.17, 15) is 9.59 Å². The topological polar surface area (TPSA) is 76.7 Å². The summed E-state index contributed by atoms with van der Waals surface area (Å²) in [5.41, 5.74) is 5.84. The Balaban J connectivity index is 1.29. The molecule has 7 heteroatoms. The zero-order valence-electron chi connectivity index (χ0n) is 13.8. The van der Waals surface area contributed by atoms with E-state index in [0.29, 0.717) is 22.9 Å². The quantitative estimate of drug-likeness (QED) is 0.811. The van der Waals surface area contributed by atoms with Gasteiger partial charge in [-0.15, -0.1) is 0 Å². The highest BCUT2D eigenvalue weighted by Crippen LogP contribution is 2.49. The van der Waals surface area contributed by atoms with Crippen molar-refractivity contribution >= 4 is 23.4 Å². The van der Waals surface area contributed by atoms with Crippen molar-refractivity contribution < 1.29 is 19.1 Å². The molecule has 0 bridgehead atoms. The lowest BCUT2D eigenvalue weighted by Crippen LogP contribution is -2.51. The van der Waals surface area contributed by atoms with Crippen molar-refractivity contribution in [2.24, 2.45) is 5.92 Å². The molecule has 1 fully saturated rings. The van der Waals surface area contributed by atoms with Crippen LogP contribution in [0.25, 0.3) is 0 Å². The highest BCUT2D eigenvalue weighted by molar-refractivity contribution is 6.31. The van der Waals surface area contributed by atoms with E-state index in [0.717, 1.165) is 5.56 Å². The molecule has 2 aliphatic rings. The second-order valence-electron chi connectivity index (χ2n) is 6.31. The van der Waals surface area contributed by atoms with Crippen molar-refractivity contribution in [3.63, 3.8) is 0 Å². The predicted octanol–water partition coefficient (Wildman–Crippen LogP) is 2.43. The van der Waals surface area contributed by atoms with E-state index in [-0.39, 0.29) is 24.3 Å². The molecule has 0 saturated heterocycles. The minimum absolute atomic E-state index is 0.0849. The minimum atomic E-state index is -0.816. The van der Waals surface area contributed by atoms with Crippen LogP contribution in [0.3, 0.4) is 0 Å². The third-order valence-corrected chi connectivity index (χ3v) is 4.89. The fourth-order valence-corrected chi connectivity index (χ4v) is 3.33. The third-order valence-electron chi connectivity index (χ3n) is 4.54. The van der Waals surface area contributed by atoms with E-state index >= 15 is 0 Å². The number of para-hydroxylation sites is 2. The minimum Gasteiger partial charge on any atom is -0.485 e. The van der Waals surface area contributed by atoms with Gasteiger partial charge in [-0.2, -0.15) is 0 Å². The molecular formula is C19H17ClN2O4. The maximum Gasteiger partial charge on any atom is 0.283 e. The maximum atomic E-state index is 12.2. The van der Waals surface area contributed by atoms with Crippen LogP contribution in [0.1, 0.15) is 17.9 Å². The Kier molecular flexibility index (Phi) is 4.42. The summed E-state index contributed by atoms with van der Waals surface area (Å²) in [6.45, 7) is 0.0877. The van der Waals surface area contributed by atoms with Gasteiger partial charge in [0.1, 0.15) is 6.61 Å². The summed E-state index contributed by atoms with van der Waals surface area (Å²) in [5.74, 6) is 0.303. The van der Waals surface area contributed by atoms with E-state index in [1.165, 1.54) is 0 Å². The van der Waals surface area contributed by atoms with E-state index in [1.54, 1.807) is 18.2 Å². The van der Waals surface area contributed by atoms with Crippen LogP contribution in [0.4, 0.5) is 0 Å². The number of hydrogen-bond acceptors (Lipinski definition) is 4. The third kappa shape index (κ3) is 3.32. The first-order chi connectivity index (χ1) is 12.6. The van der Waals surface area contributed by atoms with Crippen LogP contribution >= 0.6 is 11.6 Å². The van der Waals surface area contributed by atoms with Crippen molar-refractivity contribution in [2.75, 3.05) is 6.61 Å².